The molecule has 0 heterocycles. The Labute approximate surface area is 135 Å². The van der Waals surface area contributed by atoms with Gasteiger partial charge in [-0.1, -0.05) is 24.9 Å². The van der Waals surface area contributed by atoms with E-state index in [0.717, 1.165) is 6.42 Å². The van der Waals surface area contributed by atoms with Gasteiger partial charge in [-0.2, -0.15) is 0 Å². The first-order chi connectivity index (χ1) is 10.3. The van der Waals surface area contributed by atoms with Crippen LogP contribution in [0.2, 0.25) is 5.02 Å². The number of nitrogens with one attached hydrogen (secondary N) is 1. The van der Waals surface area contributed by atoms with E-state index < -0.39 is 17.5 Å². The second-order valence-corrected chi connectivity index (χ2v) is 6.04. The molecule has 0 radical (unpaired) electrons. The lowest BCUT2D eigenvalue weighted by atomic mass is 10.0. The summed E-state index contributed by atoms with van der Waals surface area (Å²) in [5.74, 6) is -1.32. The van der Waals surface area contributed by atoms with Crippen molar-refractivity contribution in [1.29, 1.82) is 0 Å². The van der Waals surface area contributed by atoms with E-state index in [1.54, 1.807) is 38.1 Å². The van der Waals surface area contributed by atoms with Crippen molar-refractivity contribution in [3.63, 3.8) is 0 Å². The third-order valence-electron chi connectivity index (χ3n) is 3.23. The second-order valence-electron chi connectivity index (χ2n) is 5.60. The molecule has 22 heavy (non-hydrogen) atoms. The molecule has 0 bridgehead atoms. The van der Waals surface area contributed by atoms with Crippen molar-refractivity contribution in [3.8, 4) is 5.75 Å². The molecule has 1 amide bonds. The Balaban J connectivity index is 2.61. The van der Waals surface area contributed by atoms with E-state index in [1.807, 2.05) is 6.92 Å². The van der Waals surface area contributed by atoms with Gasteiger partial charge in [0.25, 0.3) is 5.91 Å². The number of carboxylic acid groups (broad SMARTS) is 1. The quantitative estimate of drug-likeness (QED) is 0.769. The molecular weight excluding hydrogens is 306 g/mol. The molecule has 0 aliphatic carbocycles. The van der Waals surface area contributed by atoms with Crippen molar-refractivity contribution in [3.05, 3.63) is 29.3 Å². The number of benzene rings is 1. The summed E-state index contributed by atoms with van der Waals surface area (Å²) >= 11 is 5.80. The SMILES string of the molecule is CCCC(CNC(=O)C(C)(C)Oc1ccc(Cl)cc1)C(=O)O. The van der Waals surface area contributed by atoms with Gasteiger partial charge in [0.15, 0.2) is 5.60 Å². The smallest absolute Gasteiger partial charge is 0.308 e. The van der Waals surface area contributed by atoms with Crippen molar-refractivity contribution < 1.29 is 19.4 Å². The molecule has 0 aliphatic rings. The summed E-state index contributed by atoms with van der Waals surface area (Å²) in [5, 5.41) is 12.3. The normalized spacial score (nSPS) is 12.5. The fourth-order valence-electron chi connectivity index (χ4n) is 1.93. The standard InChI is InChI=1S/C16H22ClNO4/c1-4-5-11(14(19)20)10-18-15(21)16(2,3)22-13-8-6-12(17)7-9-13/h6-9,11H,4-5,10H2,1-3H3,(H,18,21)(H,19,20). The average Bonchev–Trinajstić information content (AvgIpc) is 2.45. The fourth-order valence-corrected chi connectivity index (χ4v) is 2.06. The largest absolute Gasteiger partial charge is 0.481 e. The van der Waals surface area contributed by atoms with Crippen molar-refractivity contribution in [1.82, 2.24) is 5.32 Å². The first kappa shape index (κ1) is 18.3. The zero-order chi connectivity index (χ0) is 16.8. The monoisotopic (exact) mass is 327 g/mol. The highest BCUT2D eigenvalue weighted by Crippen LogP contribution is 2.21. The Bertz CT molecular complexity index is 513. The van der Waals surface area contributed by atoms with Crippen LogP contribution in [-0.2, 0) is 9.59 Å². The van der Waals surface area contributed by atoms with Crippen molar-refractivity contribution in [2.75, 3.05) is 6.54 Å². The first-order valence-electron chi connectivity index (χ1n) is 7.22. The molecule has 0 spiro atoms. The van der Waals surface area contributed by atoms with Gasteiger partial charge in [-0.3, -0.25) is 9.59 Å². The minimum absolute atomic E-state index is 0.0927. The Hall–Kier alpha value is -1.75. The molecule has 6 heteroatoms. The van der Waals surface area contributed by atoms with Gasteiger partial charge in [0.2, 0.25) is 0 Å². The molecule has 1 unspecified atom stereocenters. The number of hydrogen-bond donors (Lipinski definition) is 2. The first-order valence-corrected chi connectivity index (χ1v) is 7.59. The molecule has 0 aliphatic heterocycles. The number of carboxylic acids is 1. The lowest BCUT2D eigenvalue weighted by molar-refractivity contribution is -0.142. The summed E-state index contributed by atoms with van der Waals surface area (Å²) in [6.07, 6.45) is 1.27. The van der Waals surface area contributed by atoms with E-state index in [2.05, 4.69) is 5.32 Å². The topological polar surface area (TPSA) is 75.6 Å². The van der Waals surface area contributed by atoms with Gasteiger partial charge in [-0.25, -0.2) is 0 Å². The lowest BCUT2D eigenvalue weighted by Gasteiger charge is -2.26. The summed E-state index contributed by atoms with van der Waals surface area (Å²) in [5.41, 5.74) is -1.11. The van der Waals surface area contributed by atoms with E-state index >= 15 is 0 Å². The third-order valence-corrected chi connectivity index (χ3v) is 3.48. The van der Waals surface area contributed by atoms with Crippen LogP contribution in [0, 0.1) is 5.92 Å². The van der Waals surface area contributed by atoms with Gasteiger partial charge in [0.05, 0.1) is 5.92 Å². The van der Waals surface area contributed by atoms with Gasteiger partial charge in [0.1, 0.15) is 5.75 Å². The van der Waals surface area contributed by atoms with Gasteiger partial charge in [-0.05, 0) is 44.5 Å². The number of amides is 1. The molecule has 5 nitrogen and oxygen atoms in total. The van der Waals surface area contributed by atoms with Gasteiger partial charge in [-0.15, -0.1) is 0 Å². The summed E-state index contributed by atoms with van der Waals surface area (Å²) in [6.45, 7) is 5.26. The number of carbonyl (C=O) groups is 2. The average molecular weight is 328 g/mol. The van der Waals surface area contributed by atoms with Gasteiger partial charge < -0.3 is 15.2 Å². The Morgan fingerprint density at radius 3 is 2.41 bits per heavy atom. The third kappa shape index (κ3) is 5.56. The van der Waals surface area contributed by atoms with E-state index in [9.17, 15) is 9.59 Å². The van der Waals surface area contributed by atoms with Crippen LogP contribution in [0.5, 0.6) is 5.75 Å². The van der Waals surface area contributed by atoms with E-state index in [1.165, 1.54) is 0 Å². The highest BCUT2D eigenvalue weighted by molar-refractivity contribution is 6.30. The summed E-state index contributed by atoms with van der Waals surface area (Å²) in [4.78, 5) is 23.3. The van der Waals surface area contributed by atoms with Crippen LogP contribution in [-0.4, -0.2) is 29.1 Å². The number of halogens is 1. The summed E-state index contributed by atoms with van der Waals surface area (Å²) < 4.78 is 5.65. The van der Waals surface area contributed by atoms with Crippen LogP contribution in [0.1, 0.15) is 33.6 Å². The Morgan fingerprint density at radius 2 is 1.91 bits per heavy atom. The highest BCUT2D eigenvalue weighted by atomic mass is 35.5. The van der Waals surface area contributed by atoms with Crippen LogP contribution in [0.3, 0.4) is 0 Å². The van der Waals surface area contributed by atoms with Gasteiger partial charge >= 0.3 is 5.97 Å². The van der Waals surface area contributed by atoms with E-state index in [0.29, 0.717) is 17.2 Å². The predicted molar refractivity (Wildman–Crippen MR) is 85.2 cm³/mol. The van der Waals surface area contributed by atoms with E-state index in [4.69, 9.17) is 21.4 Å². The molecule has 0 aromatic heterocycles. The Kier molecular flexibility index (Phi) is 6.68. The zero-order valence-electron chi connectivity index (χ0n) is 13.1. The molecule has 1 aromatic carbocycles. The summed E-state index contributed by atoms with van der Waals surface area (Å²) in [7, 11) is 0. The molecule has 1 aromatic rings. The maximum absolute atomic E-state index is 12.2. The highest BCUT2D eigenvalue weighted by Gasteiger charge is 2.31. The zero-order valence-corrected chi connectivity index (χ0v) is 13.8. The van der Waals surface area contributed by atoms with E-state index in [-0.39, 0.29) is 12.5 Å². The molecule has 122 valence electrons. The lowest BCUT2D eigenvalue weighted by Crippen LogP contribution is -2.48. The number of ether oxygens (including phenoxy) is 1. The van der Waals surface area contributed by atoms with Crippen LogP contribution < -0.4 is 10.1 Å². The van der Waals surface area contributed by atoms with Crippen LogP contribution in [0.4, 0.5) is 0 Å². The van der Waals surface area contributed by atoms with Gasteiger partial charge in [0, 0.05) is 11.6 Å². The van der Waals surface area contributed by atoms with Crippen LogP contribution in [0.25, 0.3) is 0 Å². The minimum Gasteiger partial charge on any atom is -0.481 e. The van der Waals surface area contributed by atoms with Crippen LogP contribution in [0.15, 0.2) is 24.3 Å². The van der Waals surface area contributed by atoms with Crippen molar-refractivity contribution in [2.24, 2.45) is 5.92 Å². The van der Waals surface area contributed by atoms with Crippen LogP contribution >= 0.6 is 11.6 Å². The molecule has 1 atom stereocenters. The molecule has 0 saturated carbocycles. The maximum atomic E-state index is 12.2. The number of aliphatic carboxylic acids is 1. The number of hydrogen-bond acceptors (Lipinski definition) is 3. The molecule has 0 fully saturated rings. The number of rotatable bonds is 8. The summed E-state index contributed by atoms with van der Waals surface area (Å²) in [6, 6.07) is 6.70. The molecular formula is C16H22ClNO4. The Morgan fingerprint density at radius 1 is 1.32 bits per heavy atom. The fraction of sp³-hybridized carbons (Fsp3) is 0.500. The molecule has 1 rings (SSSR count). The predicted octanol–water partition coefficient (Wildman–Crippen LogP) is 3.11. The van der Waals surface area contributed by atoms with Crippen molar-refractivity contribution >= 4 is 23.5 Å². The second kappa shape index (κ2) is 8.03. The molecule has 0 saturated heterocycles. The van der Waals surface area contributed by atoms with Crippen molar-refractivity contribution in [2.45, 2.75) is 39.2 Å². The minimum atomic E-state index is -1.11. The molecule has 2 N–H and O–H groups in total. The maximum Gasteiger partial charge on any atom is 0.308 e. The number of carbonyl (C=O) groups excluding carboxylic acids is 1.